The molecule has 216 valence electrons. The fourth-order valence-electron chi connectivity index (χ4n) is 4.54. The fourth-order valence-corrected chi connectivity index (χ4v) is 4.72. The van der Waals surface area contributed by atoms with E-state index >= 15 is 0 Å². The molecule has 4 N–H and O–H groups in total. The van der Waals surface area contributed by atoms with Gasteiger partial charge in [0, 0.05) is 28.6 Å². The van der Waals surface area contributed by atoms with Gasteiger partial charge in [-0.2, -0.15) is 5.10 Å². The van der Waals surface area contributed by atoms with Gasteiger partial charge < -0.3 is 25.2 Å². The summed E-state index contributed by atoms with van der Waals surface area (Å²) in [5.74, 6) is -0.309. The van der Waals surface area contributed by atoms with Crippen molar-refractivity contribution in [2.75, 3.05) is 6.61 Å². The summed E-state index contributed by atoms with van der Waals surface area (Å²) < 4.78 is 11.2. The number of fused-ring (bicyclic) bond motifs is 1. The highest BCUT2D eigenvalue weighted by atomic mass is 35.5. The lowest BCUT2D eigenvalue weighted by Gasteiger charge is -2.21. The molecule has 4 rings (SSSR count). The Morgan fingerprint density at radius 2 is 1.73 bits per heavy atom. The Bertz CT molecular complexity index is 1470. The van der Waals surface area contributed by atoms with Gasteiger partial charge in [-0.15, -0.1) is 0 Å². The highest BCUT2D eigenvalue weighted by Gasteiger charge is 2.28. The van der Waals surface area contributed by atoms with Crippen molar-refractivity contribution in [3.63, 3.8) is 0 Å². The van der Waals surface area contributed by atoms with Gasteiger partial charge >= 0.3 is 6.09 Å². The van der Waals surface area contributed by atoms with Crippen molar-refractivity contribution < 1.29 is 29.0 Å². The minimum atomic E-state index is -0.567. The molecule has 2 atom stereocenters. The first-order chi connectivity index (χ1) is 19.5. The average molecular weight is 581 g/mol. The van der Waals surface area contributed by atoms with Crippen LogP contribution in [0.15, 0.2) is 59.7 Å². The number of nitrogens with zero attached hydrogens (tertiary/aromatic N) is 1. The van der Waals surface area contributed by atoms with E-state index in [1.807, 2.05) is 45.0 Å². The zero-order valence-corrected chi connectivity index (χ0v) is 23.8. The van der Waals surface area contributed by atoms with Crippen LogP contribution in [0.4, 0.5) is 4.79 Å². The Morgan fingerprint density at radius 1 is 1.02 bits per heavy atom. The Morgan fingerprint density at radius 3 is 2.44 bits per heavy atom. The van der Waals surface area contributed by atoms with Crippen LogP contribution in [0.3, 0.4) is 0 Å². The SMILES string of the molecule is CC(C)(C)OC(=O)NC1CCC(NC(=O)COc2ccc(/C=N/NC(=O)c3ccc(O)c(Cl)c3)c3ccccc23)C1. The number of aromatic hydroxyl groups is 1. The highest BCUT2D eigenvalue weighted by molar-refractivity contribution is 6.32. The third-order valence-corrected chi connectivity index (χ3v) is 6.68. The summed E-state index contributed by atoms with van der Waals surface area (Å²) in [6, 6.07) is 15.0. The van der Waals surface area contributed by atoms with E-state index in [-0.39, 0.29) is 40.9 Å². The molecule has 1 aliphatic carbocycles. The summed E-state index contributed by atoms with van der Waals surface area (Å²) in [5.41, 5.74) is 2.87. The van der Waals surface area contributed by atoms with Gasteiger partial charge in [0.15, 0.2) is 6.61 Å². The number of hydrogen-bond acceptors (Lipinski definition) is 7. The molecule has 3 aromatic carbocycles. The molecule has 0 spiro atoms. The summed E-state index contributed by atoms with van der Waals surface area (Å²) in [6.07, 6.45) is 3.18. The van der Waals surface area contributed by atoms with E-state index in [4.69, 9.17) is 21.1 Å². The van der Waals surface area contributed by atoms with Crippen LogP contribution in [0, 0.1) is 0 Å². The fraction of sp³-hybridized carbons (Fsp3) is 0.333. The molecule has 0 saturated heterocycles. The van der Waals surface area contributed by atoms with Crippen LogP contribution in [0.2, 0.25) is 5.02 Å². The van der Waals surface area contributed by atoms with Crippen LogP contribution in [-0.4, -0.2) is 53.5 Å². The van der Waals surface area contributed by atoms with E-state index in [2.05, 4.69) is 21.2 Å². The van der Waals surface area contributed by atoms with Crippen molar-refractivity contribution in [1.82, 2.24) is 16.1 Å². The van der Waals surface area contributed by atoms with E-state index < -0.39 is 17.6 Å². The Hall–Kier alpha value is -4.31. The lowest BCUT2D eigenvalue weighted by Crippen LogP contribution is -2.40. The lowest BCUT2D eigenvalue weighted by molar-refractivity contribution is -0.123. The second-order valence-electron chi connectivity index (χ2n) is 10.8. The number of carbonyl (C=O) groups excluding carboxylic acids is 3. The maximum Gasteiger partial charge on any atom is 0.407 e. The molecule has 1 saturated carbocycles. The number of hydrazone groups is 1. The molecular weight excluding hydrogens is 548 g/mol. The normalized spacial score (nSPS) is 16.9. The van der Waals surface area contributed by atoms with E-state index in [9.17, 15) is 19.5 Å². The van der Waals surface area contributed by atoms with E-state index in [0.29, 0.717) is 12.2 Å². The second kappa shape index (κ2) is 12.9. The minimum absolute atomic E-state index is 0.0575. The largest absolute Gasteiger partial charge is 0.506 e. The van der Waals surface area contributed by atoms with E-state index in [1.54, 1.807) is 12.1 Å². The summed E-state index contributed by atoms with van der Waals surface area (Å²) >= 11 is 5.87. The number of phenolic OH excluding ortho intramolecular Hbond substituents is 1. The predicted molar refractivity (Wildman–Crippen MR) is 157 cm³/mol. The van der Waals surface area contributed by atoms with Crippen LogP contribution >= 0.6 is 11.6 Å². The van der Waals surface area contributed by atoms with Gasteiger partial charge in [-0.05, 0) is 75.8 Å². The first-order valence-corrected chi connectivity index (χ1v) is 13.6. The number of carbonyl (C=O) groups is 3. The molecule has 0 bridgehead atoms. The average Bonchev–Trinajstić information content (AvgIpc) is 3.34. The molecule has 11 heteroatoms. The van der Waals surface area contributed by atoms with Crippen molar-refractivity contribution in [1.29, 1.82) is 0 Å². The van der Waals surface area contributed by atoms with Gasteiger partial charge in [0.1, 0.15) is 17.1 Å². The molecule has 0 heterocycles. The number of phenols is 1. The summed E-state index contributed by atoms with van der Waals surface area (Å²) in [6.45, 7) is 5.27. The van der Waals surface area contributed by atoms with Gasteiger partial charge in [-0.1, -0.05) is 35.9 Å². The summed E-state index contributed by atoms with van der Waals surface area (Å²) in [7, 11) is 0. The van der Waals surface area contributed by atoms with Crippen molar-refractivity contribution in [2.45, 2.75) is 57.7 Å². The molecule has 0 radical (unpaired) electrons. The topological polar surface area (TPSA) is 138 Å². The molecule has 3 amide bonds. The number of alkyl carbamates (subject to hydrolysis) is 1. The van der Waals surface area contributed by atoms with Crippen LogP contribution in [0.25, 0.3) is 10.8 Å². The van der Waals surface area contributed by atoms with Gasteiger partial charge in [-0.3, -0.25) is 9.59 Å². The standard InChI is InChI=1S/C30H33ClN4O6/c1-30(2,3)41-29(39)34-21-11-10-20(15-21)33-27(37)17-40-26-13-9-19(22-6-4-5-7-23(22)26)16-32-35-28(38)18-8-12-25(36)24(31)14-18/h4-9,12-14,16,20-21,36H,10-11,15,17H2,1-3H3,(H,33,37)(H,34,39)(H,35,38)/b32-16+. The zero-order valence-electron chi connectivity index (χ0n) is 23.1. The lowest BCUT2D eigenvalue weighted by atomic mass is 10.0. The maximum atomic E-state index is 12.6. The third-order valence-electron chi connectivity index (χ3n) is 6.37. The van der Waals surface area contributed by atoms with Crippen LogP contribution in [-0.2, 0) is 9.53 Å². The van der Waals surface area contributed by atoms with E-state index in [0.717, 1.165) is 29.2 Å². The van der Waals surface area contributed by atoms with Gasteiger partial charge in [-0.25, -0.2) is 10.2 Å². The number of amides is 3. The molecular formula is C30H33ClN4O6. The smallest absolute Gasteiger partial charge is 0.407 e. The monoisotopic (exact) mass is 580 g/mol. The number of hydrogen-bond donors (Lipinski definition) is 4. The molecule has 41 heavy (non-hydrogen) atoms. The zero-order chi connectivity index (χ0) is 29.6. The predicted octanol–water partition coefficient (Wildman–Crippen LogP) is 4.90. The Labute approximate surface area is 243 Å². The molecule has 1 fully saturated rings. The van der Waals surface area contributed by atoms with Crippen molar-refractivity contribution in [3.8, 4) is 11.5 Å². The molecule has 0 aliphatic heterocycles. The van der Waals surface area contributed by atoms with Gasteiger partial charge in [0.2, 0.25) is 0 Å². The highest BCUT2D eigenvalue weighted by Crippen LogP contribution is 2.28. The van der Waals surface area contributed by atoms with Crippen LogP contribution in [0.1, 0.15) is 56.0 Å². The quantitative estimate of drug-likeness (QED) is 0.221. The number of ether oxygens (including phenoxy) is 2. The first kappa shape index (κ1) is 29.7. The number of halogens is 1. The number of benzene rings is 3. The van der Waals surface area contributed by atoms with Crippen LogP contribution < -0.4 is 20.8 Å². The van der Waals surface area contributed by atoms with Gasteiger partial charge in [0.05, 0.1) is 11.2 Å². The Kier molecular flexibility index (Phi) is 9.34. The number of nitrogens with one attached hydrogen (secondary N) is 3. The van der Waals surface area contributed by atoms with Crippen molar-refractivity contribution in [2.24, 2.45) is 5.10 Å². The molecule has 3 aromatic rings. The second-order valence-corrected chi connectivity index (χ2v) is 11.2. The van der Waals surface area contributed by atoms with Crippen molar-refractivity contribution in [3.05, 3.63) is 70.7 Å². The molecule has 1 aliphatic rings. The molecule has 10 nitrogen and oxygen atoms in total. The number of rotatable bonds is 8. The minimum Gasteiger partial charge on any atom is -0.506 e. The van der Waals surface area contributed by atoms with Gasteiger partial charge in [0.25, 0.3) is 11.8 Å². The van der Waals surface area contributed by atoms with E-state index in [1.165, 1.54) is 24.4 Å². The molecule has 2 unspecified atom stereocenters. The summed E-state index contributed by atoms with van der Waals surface area (Å²) in [4.78, 5) is 37.0. The van der Waals surface area contributed by atoms with Crippen molar-refractivity contribution >= 4 is 46.5 Å². The molecule has 0 aromatic heterocycles. The Balaban J connectivity index is 1.31. The summed E-state index contributed by atoms with van der Waals surface area (Å²) in [5, 5.41) is 21.1. The third kappa shape index (κ3) is 8.34. The van der Waals surface area contributed by atoms with Crippen LogP contribution in [0.5, 0.6) is 11.5 Å². The maximum absolute atomic E-state index is 12.6. The first-order valence-electron chi connectivity index (χ1n) is 13.2.